The molecule has 6 rings (SSSR count). The zero-order valence-corrected chi connectivity index (χ0v) is 20.2. The Morgan fingerprint density at radius 1 is 1.08 bits per heavy atom. The van der Waals surface area contributed by atoms with Gasteiger partial charge < -0.3 is 24.8 Å². The third-order valence-electron chi connectivity index (χ3n) is 6.14. The number of carbonyl (C=O) groups excluding carboxylic acids is 1. The molecule has 1 saturated carbocycles. The summed E-state index contributed by atoms with van der Waals surface area (Å²) in [6, 6.07) is 9.99. The van der Waals surface area contributed by atoms with Gasteiger partial charge in [0, 0.05) is 48.2 Å². The number of ether oxygens (including phenoxy) is 3. The maximum atomic E-state index is 14.8. The van der Waals surface area contributed by atoms with Gasteiger partial charge in [-0.3, -0.25) is 9.97 Å². The molecule has 3 aromatic rings. The summed E-state index contributed by atoms with van der Waals surface area (Å²) < 4.78 is 32.1. The van der Waals surface area contributed by atoms with Crippen molar-refractivity contribution in [2.24, 2.45) is 0 Å². The molecule has 10 heteroatoms. The van der Waals surface area contributed by atoms with Gasteiger partial charge in [0.2, 0.25) is 0 Å². The maximum absolute atomic E-state index is 14.8. The van der Waals surface area contributed by atoms with Crippen LogP contribution in [-0.4, -0.2) is 35.3 Å². The van der Waals surface area contributed by atoms with Gasteiger partial charge in [0.1, 0.15) is 5.75 Å². The highest BCUT2D eigenvalue weighted by Gasteiger charge is 2.30. The average Bonchev–Trinajstić information content (AvgIpc) is 3.60. The molecule has 3 aliphatic rings. The van der Waals surface area contributed by atoms with E-state index < -0.39 is 5.82 Å². The first-order valence-corrected chi connectivity index (χ1v) is 12.9. The van der Waals surface area contributed by atoms with Crippen LogP contribution in [0.4, 0.5) is 14.9 Å². The van der Waals surface area contributed by atoms with Crippen molar-refractivity contribution in [2.45, 2.75) is 48.2 Å². The lowest BCUT2D eigenvalue weighted by Gasteiger charge is -2.23. The second-order valence-corrected chi connectivity index (χ2v) is 10.2. The molecule has 36 heavy (non-hydrogen) atoms. The number of nitrogens with one attached hydrogen (secondary N) is 2. The van der Waals surface area contributed by atoms with E-state index in [4.69, 9.17) is 14.2 Å². The van der Waals surface area contributed by atoms with Gasteiger partial charge in [-0.1, -0.05) is 6.07 Å². The van der Waals surface area contributed by atoms with Crippen molar-refractivity contribution in [1.29, 1.82) is 0 Å². The summed E-state index contributed by atoms with van der Waals surface area (Å²) >= 11 is 1.61. The Morgan fingerprint density at radius 3 is 2.69 bits per heavy atom. The Bertz CT molecular complexity index is 1270. The lowest BCUT2D eigenvalue weighted by Crippen LogP contribution is -2.30. The van der Waals surface area contributed by atoms with E-state index in [1.807, 2.05) is 12.1 Å². The number of aromatic nitrogens is 2. The summed E-state index contributed by atoms with van der Waals surface area (Å²) in [5.41, 5.74) is 3.09. The number of pyridine rings is 2. The monoisotopic (exact) mass is 508 g/mol. The second-order valence-electron chi connectivity index (χ2n) is 8.96. The normalized spacial score (nSPS) is 19.5. The average molecular weight is 509 g/mol. The summed E-state index contributed by atoms with van der Waals surface area (Å²) in [4.78, 5) is 22.0. The molecule has 0 radical (unpaired) electrons. The first-order chi connectivity index (χ1) is 17.6. The van der Waals surface area contributed by atoms with Gasteiger partial charge in [0.15, 0.2) is 17.9 Å². The SMILES string of the molecule is O=C(Nc1ccc(Oc2ccnc3c2SC(c2ccc(C4OCCCO4)cn2)C3)c(F)c1)NC1CC1. The van der Waals surface area contributed by atoms with Crippen LogP contribution in [0.2, 0.25) is 0 Å². The molecule has 2 N–H and O–H groups in total. The number of fused-ring (bicyclic) bond motifs is 1. The fraction of sp³-hybridized carbons (Fsp3) is 0.346. The van der Waals surface area contributed by atoms with Crippen molar-refractivity contribution >= 4 is 23.5 Å². The standard InChI is InChI=1S/C26H25FN4O4S/c27-18-12-17(31-26(32)30-16-3-4-16)5-7-21(18)35-22-8-9-28-20-13-23(36-24(20)22)19-6-2-15(14-29-19)25-33-10-1-11-34-25/h2,5-9,12,14,16,23,25H,1,3-4,10-11,13H2,(H2,30,31,32). The minimum Gasteiger partial charge on any atom is -0.453 e. The van der Waals surface area contributed by atoms with Crippen molar-refractivity contribution in [3.63, 3.8) is 0 Å². The van der Waals surface area contributed by atoms with E-state index in [-0.39, 0.29) is 29.4 Å². The highest BCUT2D eigenvalue weighted by Crippen LogP contribution is 2.50. The number of amides is 2. The number of nitrogens with zero attached hydrogens (tertiary/aromatic N) is 2. The smallest absolute Gasteiger partial charge is 0.319 e. The number of anilines is 1. The fourth-order valence-corrected chi connectivity index (χ4v) is 5.42. The number of halogens is 1. The lowest BCUT2D eigenvalue weighted by atomic mass is 10.1. The second kappa shape index (κ2) is 10.0. The molecular weight excluding hydrogens is 483 g/mol. The van der Waals surface area contributed by atoms with Crippen molar-refractivity contribution < 1.29 is 23.4 Å². The zero-order chi connectivity index (χ0) is 24.5. The molecule has 8 nitrogen and oxygen atoms in total. The molecule has 1 atom stereocenters. The van der Waals surface area contributed by atoms with E-state index in [9.17, 15) is 9.18 Å². The van der Waals surface area contributed by atoms with Crippen molar-refractivity contribution in [3.8, 4) is 11.5 Å². The van der Waals surface area contributed by atoms with Crippen LogP contribution in [0, 0.1) is 5.82 Å². The summed E-state index contributed by atoms with van der Waals surface area (Å²) in [5, 5.41) is 5.53. The van der Waals surface area contributed by atoms with Crippen LogP contribution >= 0.6 is 11.8 Å². The van der Waals surface area contributed by atoms with Crippen LogP contribution in [0.15, 0.2) is 53.7 Å². The van der Waals surface area contributed by atoms with Crippen LogP contribution in [0.25, 0.3) is 0 Å². The number of thioether (sulfide) groups is 1. The Morgan fingerprint density at radius 2 is 1.94 bits per heavy atom. The van der Waals surface area contributed by atoms with Crippen molar-refractivity contribution in [2.75, 3.05) is 18.5 Å². The number of carbonyl (C=O) groups is 1. The van der Waals surface area contributed by atoms with Crippen LogP contribution < -0.4 is 15.4 Å². The van der Waals surface area contributed by atoms with Gasteiger partial charge in [0.25, 0.3) is 0 Å². The maximum Gasteiger partial charge on any atom is 0.319 e. The minimum absolute atomic E-state index is 0.0703. The summed E-state index contributed by atoms with van der Waals surface area (Å²) in [6.07, 6.45) is 6.67. The predicted molar refractivity (Wildman–Crippen MR) is 132 cm³/mol. The van der Waals surface area contributed by atoms with Crippen LogP contribution in [-0.2, 0) is 15.9 Å². The summed E-state index contributed by atoms with van der Waals surface area (Å²) in [5.74, 6) is 0.0588. The Hall–Kier alpha value is -3.21. The number of rotatable bonds is 6. The Labute approximate surface area is 212 Å². The first-order valence-electron chi connectivity index (χ1n) is 12.0. The molecule has 1 unspecified atom stereocenters. The van der Waals surface area contributed by atoms with Gasteiger partial charge in [0.05, 0.1) is 34.7 Å². The molecule has 1 saturated heterocycles. The van der Waals surface area contributed by atoms with E-state index in [1.54, 1.807) is 36.3 Å². The van der Waals surface area contributed by atoms with Crippen LogP contribution in [0.5, 0.6) is 11.5 Å². The van der Waals surface area contributed by atoms with Crippen LogP contribution in [0.1, 0.15) is 47.8 Å². The molecule has 0 spiro atoms. The van der Waals surface area contributed by atoms with E-state index in [0.29, 0.717) is 31.1 Å². The van der Waals surface area contributed by atoms with Crippen LogP contribution in [0.3, 0.4) is 0 Å². The number of hydrogen-bond donors (Lipinski definition) is 2. The topological polar surface area (TPSA) is 94.6 Å². The highest BCUT2D eigenvalue weighted by molar-refractivity contribution is 8.00. The molecule has 1 aliphatic carbocycles. The molecule has 186 valence electrons. The molecule has 2 aromatic heterocycles. The fourth-order valence-electron chi connectivity index (χ4n) is 4.13. The predicted octanol–water partition coefficient (Wildman–Crippen LogP) is 5.52. The van der Waals surface area contributed by atoms with Gasteiger partial charge in [-0.05, 0) is 37.5 Å². The quantitative estimate of drug-likeness (QED) is 0.453. The Balaban J connectivity index is 1.13. The third-order valence-corrected chi connectivity index (χ3v) is 7.51. The molecule has 2 aliphatic heterocycles. The molecule has 4 heterocycles. The zero-order valence-electron chi connectivity index (χ0n) is 19.4. The minimum atomic E-state index is -0.561. The number of urea groups is 1. The third kappa shape index (κ3) is 5.16. The van der Waals surface area contributed by atoms with Gasteiger partial charge in [-0.15, -0.1) is 11.8 Å². The molecule has 2 amide bonds. The van der Waals surface area contributed by atoms with E-state index in [2.05, 4.69) is 20.6 Å². The molecule has 0 bridgehead atoms. The first kappa shape index (κ1) is 23.2. The largest absolute Gasteiger partial charge is 0.453 e. The van der Waals surface area contributed by atoms with Gasteiger partial charge >= 0.3 is 6.03 Å². The molecule has 2 fully saturated rings. The molecular formula is C26H25FN4O4S. The van der Waals surface area contributed by atoms with Gasteiger partial charge in [-0.2, -0.15) is 0 Å². The summed E-state index contributed by atoms with van der Waals surface area (Å²) in [7, 11) is 0. The number of hydrogen-bond acceptors (Lipinski definition) is 7. The van der Waals surface area contributed by atoms with Crippen molar-refractivity contribution in [3.05, 3.63) is 71.6 Å². The van der Waals surface area contributed by atoms with Gasteiger partial charge in [-0.25, -0.2) is 9.18 Å². The molecule has 1 aromatic carbocycles. The van der Waals surface area contributed by atoms with E-state index in [0.717, 1.165) is 41.1 Å². The van der Waals surface area contributed by atoms with Crippen molar-refractivity contribution in [1.82, 2.24) is 15.3 Å². The van der Waals surface area contributed by atoms with E-state index >= 15 is 0 Å². The lowest BCUT2D eigenvalue weighted by molar-refractivity contribution is -0.183. The number of benzene rings is 1. The summed E-state index contributed by atoms with van der Waals surface area (Å²) in [6.45, 7) is 1.37. The highest BCUT2D eigenvalue weighted by atomic mass is 32.2. The Kier molecular flexibility index (Phi) is 6.47. The van der Waals surface area contributed by atoms with E-state index in [1.165, 1.54) is 12.1 Å².